The van der Waals surface area contributed by atoms with Crippen LogP contribution in [0.2, 0.25) is 0 Å². The number of aromatic amines is 1. The molecule has 3 aromatic carbocycles. The van der Waals surface area contributed by atoms with E-state index in [1.165, 1.54) is 11.8 Å². The molecule has 0 atom stereocenters. The van der Waals surface area contributed by atoms with Gasteiger partial charge in [0.1, 0.15) is 0 Å². The highest BCUT2D eigenvalue weighted by Crippen LogP contribution is 2.38. The van der Waals surface area contributed by atoms with Crippen LogP contribution in [0, 0.1) is 11.3 Å². The Balaban J connectivity index is 1.36. The molecule has 0 fully saturated rings. The van der Waals surface area contributed by atoms with Crippen molar-refractivity contribution in [2.45, 2.75) is 11.4 Å². The molecular formula is C25H19N5O2S. The van der Waals surface area contributed by atoms with Crippen LogP contribution in [0.3, 0.4) is 0 Å². The second-order valence-electron chi connectivity index (χ2n) is 7.59. The summed E-state index contributed by atoms with van der Waals surface area (Å²) >= 11 is 1.50. The molecule has 5 rings (SSSR count). The Labute approximate surface area is 194 Å². The van der Waals surface area contributed by atoms with Crippen molar-refractivity contribution in [2.24, 2.45) is 0 Å². The predicted molar refractivity (Wildman–Crippen MR) is 130 cm³/mol. The fourth-order valence-electron chi connectivity index (χ4n) is 3.80. The first kappa shape index (κ1) is 20.7. The van der Waals surface area contributed by atoms with Crippen LogP contribution in [0.25, 0.3) is 10.9 Å². The molecule has 162 valence electrons. The van der Waals surface area contributed by atoms with E-state index in [-0.39, 0.29) is 5.91 Å². The van der Waals surface area contributed by atoms with Crippen molar-refractivity contribution in [2.75, 3.05) is 21.3 Å². The monoisotopic (exact) mass is 453 g/mol. The SMILES string of the molecule is N#Cc1ccc2[nH]cc(NC(=O)Nc3ccc4c(c3)N(Cc3ccccc3)C(=O)CS4)c2c1. The van der Waals surface area contributed by atoms with Crippen LogP contribution < -0.4 is 15.5 Å². The zero-order chi connectivity index (χ0) is 22.8. The largest absolute Gasteiger partial charge is 0.359 e. The summed E-state index contributed by atoms with van der Waals surface area (Å²) in [5.41, 5.74) is 4.32. The Morgan fingerprint density at radius 3 is 2.76 bits per heavy atom. The molecule has 2 heterocycles. The number of thioether (sulfide) groups is 1. The van der Waals surface area contributed by atoms with Crippen LogP contribution in [0.4, 0.5) is 21.9 Å². The molecule has 0 spiro atoms. The number of hydrogen-bond acceptors (Lipinski definition) is 4. The lowest BCUT2D eigenvalue weighted by molar-refractivity contribution is -0.116. The molecule has 0 aliphatic carbocycles. The van der Waals surface area contributed by atoms with E-state index >= 15 is 0 Å². The van der Waals surface area contributed by atoms with Crippen molar-refractivity contribution in [3.63, 3.8) is 0 Å². The number of carbonyl (C=O) groups excluding carboxylic acids is 2. The van der Waals surface area contributed by atoms with Gasteiger partial charge in [0.25, 0.3) is 0 Å². The Kier molecular flexibility index (Phi) is 5.47. The third-order valence-corrected chi connectivity index (χ3v) is 6.45. The summed E-state index contributed by atoms with van der Waals surface area (Å²) in [6.45, 7) is 0.472. The Morgan fingerprint density at radius 1 is 1.09 bits per heavy atom. The van der Waals surface area contributed by atoms with E-state index in [2.05, 4.69) is 21.7 Å². The van der Waals surface area contributed by atoms with Crippen LogP contribution in [0.5, 0.6) is 0 Å². The third kappa shape index (κ3) is 4.27. The minimum absolute atomic E-state index is 0.0324. The summed E-state index contributed by atoms with van der Waals surface area (Å²) in [5, 5.41) is 15.6. The van der Waals surface area contributed by atoms with Gasteiger partial charge in [0.2, 0.25) is 5.91 Å². The van der Waals surface area contributed by atoms with Gasteiger partial charge in [-0.25, -0.2) is 4.79 Å². The summed E-state index contributed by atoms with van der Waals surface area (Å²) in [6, 6.07) is 22.3. The lowest BCUT2D eigenvalue weighted by Gasteiger charge is -2.29. The van der Waals surface area contributed by atoms with Crippen molar-refractivity contribution >= 4 is 51.7 Å². The fourth-order valence-corrected chi connectivity index (χ4v) is 4.71. The van der Waals surface area contributed by atoms with Gasteiger partial charge in [0.15, 0.2) is 0 Å². The molecule has 0 unspecified atom stereocenters. The maximum Gasteiger partial charge on any atom is 0.323 e. The fraction of sp³-hybridized carbons (Fsp3) is 0.0800. The number of anilines is 3. The molecule has 0 saturated heterocycles. The number of carbonyl (C=O) groups is 2. The van der Waals surface area contributed by atoms with Crippen molar-refractivity contribution in [1.29, 1.82) is 5.26 Å². The minimum atomic E-state index is -0.414. The van der Waals surface area contributed by atoms with E-state index in [9.17, 15) is 9.59 Å². The van der Waals surface area contributed by atoms with Gasteiger partial charge in [0.05, 0.1) is 35.3 Å². The van der Waals surface area contributed by atoms with E-state index in [4.69, 9.17) is 5.26 Å². The quantitative estimate of drug-likeness (QED) is 0.389. The predicted octanol–water partition coefficient (Wildman–Crippen LogP) is 5.32. The van der Waals surface area contributed by atoms with Gasteiger partial charge < -0.3 is 20.5 Å². The number of fused-ring (bicyclic) bond motifs is 2. The lowest BCUT2D eigenvalue weighted by atomic mass is 10.1. The first-order valence-corrected chi connectivity index (χ1v) is 11.3. The van der Waals surface area contributed by atoms with Crippen LogP contribution in [0.15, 0.2) is 77.8 Å². The molecule has 0 saturated carbocycles. The van der Waals surface area contributed by atoms with Gasteiger partial charge in [-0.3, -0.25) is 4.79 Å². The highest BCUT2D eigenvalue weighted by atomic mass is 32.2. The molecule has 7 nitrogen and oxygen atoms in total. The number of urea groups is 1. The molecular weight excluding hydrogens is 434 g/mol. The molecule has 1 aliphatic rings. The van der Waals surface area contributed by atoms with E-state index in [0.29, 0.717) is 29.2 Å². The molecule has 1 aliphatic heterocycles. The number of hydrogen-bond donors (Lipinski definition) is 3. The van der Waals surface area contributed by atoms with E-state index in [1.807, 2.05) is 48.5 Å². The molecule has 1 aromatic heterocycles. The average molecular weight is 454 g/mol. The smallest absolute Gasteiger partial charge is 0.323 e. The topological polar surface area (TPSA) is 101 Å². The minimum Gasteiger partial charge on any atom is -0.359 e. The number of amides is 3. The second-order valence-corrected chi connectivity index (χ2v) is 8.61. The molecule has 3 amide bonds. The highest BCUT2D eigenvalue weighted by molar-refractivity contribution is 8.00. The number of aromatic nitrogens is 1. The van der Waals surface area contributed by atoms with Crippen LogP contribution in [-0.4, -0.2) is 22.7 Å². The Morgan fingerprint density at radius 2 is 1.94 bits per heavy atom. The molecule has 0 radical (unpaired) electrons. The lowest BCUT2D eigenvalue weighted by Crippen LogP contribution is -2.34. The van der Waals surface area contributed by atoms with Crippen molar-refractivity contribution in [3.05, 3.63) is 84.1 Å². The third-order valence-electron chi connectivity index (χ3n) is 5.40. The second kappa shape index (κ2) is 8.73. The summed E-state index contributed by atoms with van der Waals surface area (Å²) in [6.07, 6.45) is 1.69. The molecule has 4 aromatic rings. The number of nitriles is 1. The number of H-pyrrole nitrogens is 1. The average Bonchev–Trinajstić information content (AvgIpc) is 3.23. The summed E-state index contributed by atoms with van der Waals surface area (Å²) in [4.78, 5) is 31.2. The zero-order valence-electron chi connectivity index (χ0n) is 17.5. The van der Waals surface area contributed by atoms with Crippen molar-refractivity contribution in [3.8, 4) is 6.07 Å². The van der Waals surface area contributed by atoms with Gasteiger partial charge in [-0.1, -0.05) is 30.3 Å². The summed E-state index contributed by atoms with van der Waals surface area (Å²) < 4.78 is 0. The van der Waals surface area contributed by atoms with Gasteiger partial charge in [0, 0.05) is 27.7 Å². The number of rotatable bonds is 4. The number of nitrogens with zero attached hydrogens (tertiary/aromatic N) is 2. The summed E-state index contributed by atoms with van der Waals surface area (Å²) in [5.74, 6) is 0.420. The van der Waals surface area contributed by atoms with Crippen molar-refractivity contribution < 1.29 is 9.59 Å². The van der Waals surface area contributed by atoms with E-state index in [1.54, 1.807) is 29.3 Å². The van der Waals surface area contributed by atoms with E-state index < -0.39 is 6.03 Å². The van der Waals surface area contributed by atoms with Crippen LogP contribution in [-0.2, 0) is 11.3 Å². The molecule has 33 heavy (non-hydrogen) atoms. The highest BCUT2D eigenvalue weighted by Gasteiger charge is 2.25. The zero-order valence-corrected chi connectivity index (χ0v) is 18.3. The van der Waals surface area contributed by atoms with Gasteiger partial charge in [-0.05, 0) is 42.0 Å². The first-order chi connectivity index (χ1) is 16.1. The van der Waals surface area contributed by atoms with E-state index in [0.717, 1.165) is 27.0 Å². The standard InChI is InChI=1S/C25H19N5O2S/c26-12-17-6-8-20-19(10-17)21(13-27-20)29-25(32)28-18-7-9-23-22(11-18)30(24(31)15-33-23)14-16-4-2-1-3-5-16/h1-11,13,27H,14-15H2,(H2,28,29,32). The molecule has 3 N–H and O–H groups in total. The Bertz CT molecular complexity index is 1410. The number of nitrogens with one attached hydrogen (secondary N) is 3. The number of benzene rings is 3. The van der Waals surface area contributed by atoms with Crippen LogP contribution in [0.1, 0.15) is 11.1 Å². The normalized spacial score (nSPS) is 12.8. The van der Waals surface area contributed by atoms with Gasteiger partial charge in [-0.2, -0.15) is 5.26 Å². The maximum atomic E-state index is 12.7. The Hall–Kier alpha value is -4.22. The summed E-state index contributed by atoms with van der Waals surface area (Å²) in [7, 11) is 0. The van der Waals surface area contributed by atoms with Gasteiger partial charge >= 0.3 is 6.03 Å². The maximum absolute atomic E-state index is 12.7. The van der Waals surface area contributed by atoms with Gasteiger partial charge in [-0.15, -0.1) is 11.8 Å². The van der Waals surface area contributed by atoms with Crippen LogP contribution >= 0.6 is 11.8 Å². The molecule has 8 heteroatoms. The first-order valence-electron chi connectivity index (χ1n) is 10.3. The van der Waals surface area contributed by atoms with Crippen molar-refractivity contribution in [1.82, 2.24) is 4.98 Å². The molecule has 0 bridgehead atoms.